The highest BCUT2D eigenvalue weighted by Gasteiger charge is 2.03. The van der Waals surface area contributed by atoms with Gasteiger partial charge in [0.25, 0.3) is 0 Å². The van der Waals surface area contributed by atoms with Crippen molar-refractivity contribution in [3.63, 3.8) is 0 Å². The highest BCUT2D eigenvalue weighted by molar-refractivity contribution is 6.29. The van der Waals surface area contributed by atoms with E-state index >= 15 is 0 Å². The van der Waals surface area contributed by atoms with Gasteiger partial charge < -0.3 is 4.74 Å². The molecule has 0 saturated heterocycles. The summed E-state index contributed by atoms with van der Waals surface area (Å²) >= 11 is 5.79. The molecule has 0 radical (unpaired) electrons. The van der Waals surface area contributed by atoms with Crippen molar-refractivity contribution in [3.8, 4) is 17.0 Å². The Balaban J connectivity index is 2.26. The lowest BCUT2D eigenvalue weighted by molar-refractivity contribution is 0.316. The summed E-state index contributed by atoms with van der Waals surface area (Å²) in [4.78, 5) is 12.3. The molecule has 17 heavy (non-hydrogen) atoms. The molecule has 2 aromatic heterocycles. The van der Waals surface area contributed by atoms with Crippen molar-refractivity contribution in [3.05, 3.63) is 36.0 Å². The molecule has 0 spiro atoms. The molecule has 5 heteroatoms. The summed E-state index contributed by atoms with van der Waals surface area (Å²) in [6.07, 6.45) is 7.49. The molecule has 0 aliphatic carbocycles. The summed E-state index contributed by atoms with van der Waals surface area (Å²) in [6, 6.07) is 1.88. The van der Waals surface area contributed by atoms with Crippen molar-refractivity contribution in [1.29, 1.82) is 0 Å². The number of nitrogens with zero attached hydrogens (tertiary/aromatic N) is 3. The molecule has 0 unspecified atom stereocenters. The van der Waals surface area contributed by atoms with Gasteiger partial charge in [-0.25, -0.2) is 4.98 Å². The lowest BCUT2D eigenvalue weighted by Crippen LogP contribution is -1.96. The maximum Gasteiger partial charge on any atom is 0.148 e. The average Bonchev–Trinajstić information content (AvgIpc) is 2.37. The van der Waals surface area contributed by atoms with Crippen LogP contribution in [0.15, 0.2) is 30.9 Å². The number of hydrogen-bond donors (Lipinski definition) is 0. The van der Waals surface area contributed by atoms with Crippen molar-refractivity contribution >= 4 is 11.6 Å². The Morgan fingerprint density at radius 1 is 1.18 bits per heavy atom. The van der Waals surface area contributed by atoms with E-state index in [-0.39, 0.29) is 0 Å². The van der Waals surface area contributed by atoms with E-state index < -0.39 is 0 Å². The quantitative estimate of drug-likeness (QED) is 0.836. The third-order valence-electron chi connectivity index (χ3n) is 2.09. The molecule has 0 fully saturated rings. The van der Waals surface area contributed by atoms with Gasteiger partial charge in [0.05, 0.1) is 30.9 Å². The van der Waals surface area contributed by atoms with Gasteiger partial charge in [-0.05, 0) is 12.5 Å². The zero-order valence-electron chi connectivity index (χ0n) is 9.43. The smallest absolute Gasteiger partial charge is 0.148 e. The topological polar surface area (TPSA) is 47.9 Å². The van der Waals surface area contributed by atoms with Crippen LogP contribution in [-0.4, -0.2) is 21.6 Å². The van der Waals surface area contributed by atoms with Crippen LogP contribution in [0.5, 0.6) is 5.75 Å². The van der Waals surface area contributed by atoms with Gasteiger partial charge in [0, 0.05) is 11.8 Å². The third-order valence-corrected chi connectivity index (χ3v) is 2.27. The Morgan fingerprint density at radius 3 is 2.76 bits per heavy atom. The van der Waals surface area contributed by atoms with Gasteiger partial charge in [-0.3, -0.25) is 9.97 Å². The fraction of sp³-hybridized carbons (Fsp3) is 0.250. The minimum Gasteiger partial charge on any atom is -0.492 e. The van der Waals surface area contributed by atoms with Crippen molar-refractivity contribution in [2.75, 3.05) is 6.61 Å². The number of aromatic nitrogens is 3. The highest BCUT2D eigenvalue weighted by atomic mass is 35.5. The molecule has 88 valence electrons. The first-order valence-corrected chi connectivity index (χ1v) is 5.73. The average molecular weight is 250 g/mol. The summed E-state index contributed by atoms with van der Waals surface area (Å²) in [5, 5.41) is 0.363. The fourth-order valence-electron chi connectivity index (χ4n) is 1.34. The highest BCUT2D eigenvalue weighted by Crippen LogP contribution is 2.21. The Morgan fingerprint density at radius 2 is 2.00 bits per heavy atom. The maximum atomic E-state index is 5.79. The van der Waals surface area contributed by atoms with E-state index in [1.807, 2.05) is 6.07 Å². The van der Waals surface area contributed by atoms with E-state index in [0.717, 1.165) is 17.7 Å². The van der Waals surface area contributed by atoms with E-state index in [4.69, 9.17) is 16.3 Å². The summed E-state index contributed by atoms with van der Waals surface area (Å²) in [5.74, 6) is 0.728. The first kappa shape index (κ1) is 11.8. The van der Waals surface area contributed by atoms with Crippen molar-refractivity contribution in [2.45, 2.75) is 13.3 Å². The van der Waals surface area contributed by atoms with Gasteiger partial charge in [0.2, 0.25) is 0 Å². The van der Waals surface area contributed by atoms with E-state index in [1.165, 1.54) is 6.20 Å². The second-order valence-corrected chi connectivity index (χ2v) is 3.87. The second kappa shape index (κ2) is 5.59. The Labute approximate surface area is 105 Å². The molecule has 0 saturated carbocycles. The predicted octanol–water partition coefficient (Wildman–Crippen LogP) is 2.98. The zero-order valence-corrected chi connectivity index (χ0v) is 10.2. The molecule has 2 aromatic rings. The Kier molecular flexibility index (Phi) is 3.88. The van der Waals surface area contributed by atoms with Crippen molar-refractivity contribution in [2.24, 2.45) is 0 Å². The van der Waals surface area contributed by atoms with E-state index in [1.54, 1.807) is 18.6 Å². The number of halogens is 1. The largest absolute Gasteiger partial charge is 0.492 e. The van der Waals surface area contributed by atoms with Crippen LogP contribution in [0.3, 0.4) is 0 Å². The molecule has 2 rings (SSSR count). The minimum absolute atomic E-state index is 0.363. The summed E-state index contributed by atoms with van der Waals surface area (Å²) in [5.41, 5.74) is 1.53. The normalized spacial score (nSPS) is 10.2. The van der Waals surface area contributed by atoms with Crippen LogP contribution < -0.4 is 4.74 Å². The van der Waals surface area contributed by atoms with Gasteiger partial charge in [-0.1, -0.05) is 18.5 Å². The number of pyridine rings is 1. The standard InChI is InChI=1S/C12H12ClN3O/c1-2-3-17-10-4-9(5-14-6-10)11-7-15-8-12(13)16-11/h4-8H,2-3H2,1H3. The first-order chi connectivity index (χ1) is 8.29. The molecule has 0 atom stereocenters. The number of hydrogen-bond acceptors (Lipinski definition) is 4. The molecule has 4 nitrogen and oxygen atoms in total. The van der Waals surface area contributed by atoms with E-state index in [0.29, 0.717) is 17.5 Å². The van der Waals surface area contributed by atoms with Gasteiger partial charge in [-0.2, -0.15) is 0 Å². The molecule has 0 N–H and O–H groups in total. The van der Waals surface area contributed by atoms with Crippen LogP contribution in [0.2, 0.25) is 5.15 Å². The van der Waals surface area contributed by atoms with E-state index in [9.17, 15) is 0 Å². The van der Waals surface area contributed by atoms with Crippen LogP contribution in [0.4, 0.5) is 0 Å². The van der Waals surface area contributed by atoms with Crippen molar-refractivity contribution in [1.82, 2.24) is 15.0 Å². The second-order valence-electron chi connectivity index (χ2n) is 3.48. The lowest BCUT2D eigenvalue weighted by Gasteiger charge is -2.05. The molecule has 0 bridgehead atoms. The van der Waals surface area contributed by atoms with Gasteiger partial charge in [0.1, 0.15) is 10.9 Å². The Hall–Kier alpha value is -1.68. The molecule has 0 amide bonds. The van der Waals surface area contributed by atoms with Gasteiger partial charge >= 0.3 is 0 Å². The zero-order chi connectivity index (χ0) is 12.1. The number of ether oxygens (including phenoxy) is 1. The van der Waals surface area contributed by atoms with E-state index in [2.05, 4.69) is 21.9 Å². The molecule has 2 heterocycles. The van der Waals surface area contributed by atoms with Gasteiger partial charge in [0.15, 0.2) is 0 Å². The van der Waals surface area contributed by atoms with Crippen LogP contribution in [-0.2, 0) is 0 Å². The molecular formula is C12H12ClN3O. The molecule has 0 aliphatic heterocycles. The van der Waals surface area contributed by atoms with Crippen LogP contribution in [0.25, 0.3) is 11.3 Å². The monoisotopic (exact) mass is 249 g/mol. The molecule has 0 aromatic carbocycles. The van der Waals surface area contributed by atoms with Gasteiger partial charge in [-0.15, -0.1) is 0 Å². The third kappa shape index (κ3) is 3.14. The first-order valence-electron chi connectivity index (χ1n) is 5.35. The minimum atomic E-state index is 0.363. The fourth-order valence-corrected chi connectivity index (χ4v) is 1.49. The lowest BCUT2D eigenvalue weighted by atomic mass is 10.2. The molecule has 0 aliphatic rings. The summed E-state index contributed by atoms with van der Waals surface area (Å²) in [7, 11) is 0. The van der Waals surface area contributed by atoms with Crippen LogP contribution in [0.1, 0.15) is 13.3 Å². The summed E-state index contributed by atoms with van der Waals surface area (Å²) < 4.78 is 5.50. The number of rotatable bonds is 4. The van der Waals surface area contributed by atoms with Crippen molar-refractivity contribution < 1.29 is 4.74 Å². The summed E-state index contributed by atoms with van der Waals surface area (Å²) in [6.45, 7) is 2.73. The van der Waals surface area contributed by atoms with Crippen LogP contribution >= 0.6 is 11.6 Å². The Bertz CT molecular complexity index is 505. The SMILES string of the molecule is CCCOc1cncc(-c2cncc(Cl)n2)c1. The van der Waals surface area contributed by atoms with Crippen LogP contribution in [0, 0.1) is 0 Å². The molecular weight excluding hydrogens is 238 g/mol. The predicted molar refractivity (Wildman–Crippen MR) is 66.1 cm³/mol. The maximum absolute atomic E-state index is 5.79.